The van der Waals surface area contributed by atoms with Crippen LogP contribution in [0.25, 0.3) is 0 Å². The predicted molar refractivity (Wildman–Crippen MR) is 51.2 cm³/mol. The summed E-state index contributed by atoms with van der Waals surface area (Å²) in [5.74, 6) is -0.954. The van der Waals surface area contributed by atoms with Gasteiger partial charge in [0.1, 0.15) is 6.04 Å². The summed E-state index contributed by atoms with van der Waals surface area (Å²) in [6, 6.07) is -0.767. The number of nitrogens with one attached hydrogen (secondary N) is 1. The zero-order chi connectivity index (χ0) is 11.1. The first-order valence-corrected chi connectivity index (χ1v) is 5.14. The molecule has 0 aromatic carbocycles. The van der Waals surface area contributed by atoms with E-state index >= 15 is 0 Å². The van der Waals surface area contributed by atoms with Crippen LogP contribution in [-0.4, -0.2) is 36.2 Å². The minimum Gasteiger partial charge on any atom is -0.480 e. The first-order valence-electron chi connectivity index (χ1n) is 5.14. The molecule has 0 spiro atoms. The molecule has 15 heavy (non-hydrogen) atoms. The molecule has 0 aromatic rings. The maximum absolute atomic E-state index is 11.3. The molecule has 84 valence electrons. The van der Waals surface area contributed by atoms with Crippen molar-refractivity contribution in [2.24, 2.45) is 11.3 Å². The molecule has 5 heteroatoms. The van der Waals surface area contributed by atoms with Gasteiger partial charge in [-0.25, -0.2) is 4.79 Å². The second kappa shape index (κ2) is 3.48. The van der Waals surface area contributed by atoms with E-state index in [0.717, 1.165) is 6.42 Å². The maximum atomic E-state index is 11.3. The molecule has 5 nitrogen and oxygen atoms in total. The van der Waals surface area contributed by atoms with Crippen molar-refractivity contribution in [3.05, 3.63) is 0 Å². The van der Waals surface area contributed by atoms with Gasteiger partial charge in [-0.1, -0.05) is 6.92 Å². The quantitative estimate of drug-likeness (QED) is 0.677. The third-order valence-corrected chi connectivity index (χ3v) is 3.62. The Labute approximate surface area is 87.8 Å². The van der Waals surface area contributed by atoms with Crippen LogP contribution in [0.2, 0.25) is 0 Å². The highest BCUT2D eigenvalue weighted by molar-refractivity contribution is 5.89. The van der Waals surface area contributed by atoms with Crippen LogP contribution < -0.4 is 5.32 Å². The van der Waals surface area contributed by atoms with Gasteiger partial charge in [-0.3, -0.25) is 4.79 Å². The zero-order valence-electron chi connectivity index (χ0n) is 8.66. The Morgan fingerprint density at radius 3 is 2.93 bits per heavy atom. The van der Waals surface area contributed by atoms with Gasteiger partial charge in [-0.2, -0.15) is 0 Å². The minimum atomic E-state index is -0.949. The average Bonchev–Trinajstić information content (AvgIpc) is 2.72. The van der Waals surface area contributed by atoms with E-state index in [2.05, 4.69) is 5.32 Å². The van der Waals surface area contributed by atoms with Gasteiger partial charge < -0.3 is 15.2 Å². The fraction of sp³-hybridized carbons (Fsp3) is 0.800. The summed E-state index contributed by atoms with van der Waals surface area (Å²) >= 11 is 0. The highest BCUT2D eigenvalue weighted by Crippen LogP contribution is 2.43. The Kier molecular flexibility index (Phi) is 2.42. The molecule has 0 aromatic heterocycles. The Morgan fingerprint density at radius 1 is 1.67 bits per heavy atom. The van der Waals surface area contributed by atoms with Gasteiger partial charge in [-0.05, 0) is 12.3 Å². The van der Waals surface area contributed by atoms with Crippen molar-refractivity contribution in [2.75, 3.05) is 13.2 Å². The summed E-state index contributed by atoms with van der Waals surface area (Å²) in [5, 5.41) is 11.6. The molecule has 0 bridgehead atoms. The van der Waals surface area contributed by atoms with Gasteiger partial charge in [0.2, 0.25) is 5.91 Å². The van der Waals surface area contributed by atoms with Crippen LogP contribution in [0.1, 0.15) is 19.8 Å². The molecule has 2 saturated heterocycles. The van der Waals surface area contributed by atoms with Crippen LogP contribution >= 0.6 is 0 Å². The lowest BCUT2D eigenvalue weighted by atomic mass is 9.71. The Balaban J connectivity index is 2.23. The third-order valence-electron chi connectivity index (χ3n) is 3.62. The highest BCUT2D eigenvalue weighted by Gasteiger charge is 2.52. The van der Waals surface area contributed by atoms with Crippen molar-refractivity contribution in [1.82, 2.24) is 5.32 Å². The van der Waals surface area contributed by atoms with Crippen molar-refractivity contribution < 1.29 is 19.4 Å². The highest BCUT2D eigenvalue weighted by atomic mass is 16.5. The van der Waals surface area contributed by atoms with Crippen LogP contribution in [0.4, 0.5) is 0 Å². The average molecular weight is 213 g/mol. The minimum absolute atomic E-state index is 0.164. The molecule has 2 heterocycles. The smallest absolute Gasteiger partial charge is 0.326 e. The lowest BCUT2D eigenvalue weighted by Gasteiger charge is -2.32. The zero-order valence-corrected chi connectivity index (χ0v) is 8.66. The van der Waals surface area contributed by atoms with Crippen LogP contribution in [-0.2, 0) is 14.3 Å². The molecular formula is C10H15NO4. The second-order valence-electron chi connectivity index (χ2n) is 4.58. The topological polar surface area (TPSA) is 75.6 Å². The van der Waals surface area contributed by atoms with E-state index in [9.17, 15) is 9.59 Å². The van der Waals surface area contributed by atoms with Crippen LogP contribution in [0.15, 0.2) is 0 Å². The summed E-state index contributed by atoms with van der Waals surface area (Å²) in [5.41, 5.74) is -0.501. The number of carbonyl (C=O) groups excluding carboxylic acids is 1. The second-order valence-corrected chi connectivity index (χ2v) is 4.58. The molecular weight excluding hydrogens is 198 g/mol. The van der Waals surface area contributed by atoms with Gasteiger partial charge in [0.25, 0.3) is 0 Å². The van der Waals surface area contributed by atoms with E-state index in [4.69, 9.17) is 9.84 Å². The van der Waals surface area contributed by atoms with Gasteiger partial charge >= 0.3 is 5.97 Å². The first-order chi connectivity index (χ1) is 7.04. The largest absolute Gasteiger partial charge is 0.480 e. The molecule has 3 unspecified atom stereocenters. The molecule has 1 amide bonds. The van der Waals surface area contributed by atoms with Crippen molar-refractivity contribution in [3.8, 4) is 0 Å². The predicted octanol–water partition coefficient (Wildman–Crippen LogP) is 0.00230. The lowest BCUT2D eigenvalue weighted by Crippen LogP contribution is -2.46. The molecule has 2 aliphatic rings. The summed E-state index contributed by atoms with van der Waals surface area (Å²) in [6.07, 6.45) is 1.13. The van der Waals surface area contributed by atoms with E-state index in [0.29, 0.717) is 13.2 Å². The summed E-state index contributed by atoms with van der Waals surface area (Å²) in [7, 11) is 0. The first kappa shape index (κ1) is 10.4. The number of ether oxygens (including phenoxy) is 1. The van der Waals surface area contributed by atoms with Gasteiger partial charge in [0.05, 0.1) is 6.61 Å². The summed E-state index contributed by atoms with van der Waals surface area (Å²) in [6.45, 7) is 3.10. The molecule has 2 N–H and O–H groups in total. The molecule has 2 aliphatic heterocycles. The molecule has 3 atom stereocenters. The molecule has 2 rings (SSSR count). The number of hydrogen-bond donors (Lipinski definition) is 2. The van der Waals surface area contributed by atoms with E-state index < -0.39 is 17.4 Å². The van der Waals surface area contributed by atoms with E-state index in [1.54, 1.807) is 0 Å². The summed E-state index contributed by atoms with van der Waals surface area (Å²) in [4.78, 5) is 22.4. The number of aliphatic carboxylic acids is 1. The van der Waals surface area contributed by atoms with Gasteiger partial charge in [0, 0.05) is 18.4 Å². The van der Waals surface area contributed by atoms with Crippen LogP contribution in [0, 0.1) is 11.3 Å². The number of hydrogen-bond acceptors (Lipinski definition) is 3. The van der Waals surface area contributed by atoms with Gasteiger partial charge in [-0.15, -0.1) is 0 Å². The number of amides is 1. The van der Waals surface area contributed by atoms with Crippen molar-refractivity contribution in [3.63, 3.8) is 0 Å². The van der Waals surface area contributed by atoms with E-state index in [1.807, 2.05) is 6.92 Å². The van der Waals surface area contributed by atoms with E-state index in [1.165, 1.54) is 0 Å². The maximum Gasteiger partial charge on any atom is 0.326 e. The van der Waals surface area contributed by atoms with Crippen molar-refractivity contribution in [2.45, 2.75) is 25.8 Å². The number of carboxylic acid groups (broad SMARTS) is 1. The summed E-state index contributed by atoms with van der Waals surface area (Å²) < 4.78 is 5.27. The molecule has 0 radical (unpaired) electrons. The fourth-order valence-corrected chi connectivity index (χ4v) is 2.60. The Morgan fingerprint density at radius 2 is 2.40 bits per heavy atom. The molecule has 0 aliphatic carbocycles. The molecule has 2 fully saturated rings. The number of rotatable bonds is 2. The van der Waals surface area contributed by atoms with Crippen LogP contribution in [0.5, 0.6) is 0 Å². The van der Waals surface area contributed by atoms with E-state index in [-0.39, 0.29) is 18.2 Å². The Bertz CT molecular complexity index is 298. The van der Waals surface area contributed by atoms with Crippen molar-refractivity contribution in [1.29, 1.82) is 0 Å². The van der Waals surface area contributed by atoms with Crippen molar-refractivity contribution >= 4 is 11.9 Å². The normalized spacial score (nSPS) is 40.5. The monoisotopic (exact) mass is 213 g/mol. The van der Waals surface area contributed by atoms with Gasteiger partial charge in [0.15, 0.2) is 0 Å². The Hall–Kier alpha value is -1.10. The number of carboxylic acids is 1. The van der Waals surface area contributed by atoms with Crippen LogP contribution in [0.3, 0.4) is 0 Å². The lowest BCUT2D eigenvalue weighted by molar-refractivity contribution is -0.143. The third kappa shape index (κ3) is 1.61. The molecule has 0 saturated carbocycles. The SMILES string of the molecule is CC1(C2CCOC2)CC(=O)NC1C(=O)O. The fourth-order valence-electron chi connectivity index (χ4n) is 2.60. The standard InChI is InChI=1S/C10H15NO4/c1-10(6-2-3-15-5-6)4-7(12)11-8(10)9(13)14/h6,8H,2-5H2,1H3,(H,11,12)(H,13,14). The number of carbonyl (C=O) groups is 2.